The van der Waals surface area contributed by atoms with Crippen molar-refractivity contribution in [3.05, 3.63) is 71.7 Å². The smallest absolute Gasteiger partial charge is 0.214 e. The highest BCUT2D eigenvalue weighted by molar-refractivity contribution is 5.79. The van der Waals surface area contributed by atoms with E-state index in [1.165, 1.54) is 5.56 Å². The normalized spacial score (nSPS) is 11.3. The Bertz CT molecular complexity index is 916. The molecule has 0 radical (unpaired) electrons. The Labute approximate surface area is 165 Å². The van der Waals surface area contributed by atoms with Crippen molar-refractivity contribution in [3.63, 3.8) is 0 Å². The number of nitrogens with zero attached hydrogens (tertiary/aromatic N) is 2. The molecule has 0 saturated heterocycles. The van der Waals surface area contributed by atoms with Crippen molar-refractivity contribution < 1.29 is 9.15 Å². The number of hydrogen-bond acceptors (Lipinski definition) is 4. The predicted molar refractivity (Wildman–Crippen MR) is 112 cm³/mol. The van der Waals surface area contributed by atoms with Gasteiger partial charge in [0.2, 0.25) is 5.89 Å². The first kappa shape index (κ1) is 19.5. The molecule has 3 rings (SSSR count). The predicted octanol–water partition coefficient (Wildman–Crippen LogP) is 3.57. The second kappa shape index (κ2) is 9.60. The third kappa shape index (κ3) is 5.13. The number of methoxy groups -OCH3 is 1. The van der Waals surface area contributed by atoms with Gasteiger partial charge in [-0.3, -0.25) is 4.99 Å². The standard InChI is InChI=1S/C22H26N4O2/c1-16-8-10-18(11-9-16)20-14-25-21(28-20)15-26-22(23-2)24-13-12-17-6-4-5-7-19(17)27-3/h4-11,14H,12-13,15H2,1-3H3,(H2,23,24,26). The van der Waals surface area contributed by atoms with Gasteiger partial charge in [-0.25, -0.2) is 4.98 Å². The third-order valence-corrected chi connectivity index (χ3v) is 4.40. The number of hydrogen-bond donors (Lipinski definition) is 2. The lowest BCUT2D eigenvalue weighted by Gasteiger charge is -2.12. The van der Waals surface area contributed by atoms with Gasteiger partial charge in [-0.1, -0.05) is 48.0 Å². The SMILES string of the molecule is CN=C(NCCc1ccccc1OC)NCc1ncc(-c2ccc(C)cc2)o1. The summed E-state index contributed by atoms with van der Waals surface area (Å²) < 4.78 is 11.2. The largest absolute Gasteiger partial charge is 0.496 e. The molecule has 0 aliphatic heterocycles. The van der Waals surface area contributed by atoms with Gasteiger partial charge in [-0.15, -0.1) is 0 Å². The van der Waals surface area contributed by atoms with Gasteiger partial charge in [0.25, 0.3) is 0 Å². The highest BCUT2D eigenvalue weighted by Gasteiger charge is 2.08. The highest BCUT2D eigenvalue weighted by atomic mass is 16.5. The number of aryl methyl sites for hydroxylation is 1. The van der Waals surface area contributed by atoms with E-state index in [2.05, 4.69) is 45.7 Å². The van der Waals surface area contributed by atoms with Crippen molar-refractivity contribution in [2.24, 2.45) is 4.99 Å². The van der Waals surface area contributed by atoms with E-state index >= 15 is 0 Å². The molecule has 0 saturated carbocycles. The molecule has 1 heterocycles. The van der Waals surface area contributed by atoms with Gasteiger partial charge in [0, 0.05) is 19.2 Å². The maximum absolute atomic E-state index is 5.84. The molecule has 0 unspecified atom stereocenters. The quantitative estimate of drug-likeness (QED) is 0.486. The van der Waals surface area contributed by atoms with Crippen LogP contribution in [0.4, 0.5) is 0 Å². The fourth-order valence-electron chi connectivity index (χ4n) is 2.85. The first-order valence-electron chi connectivity index (χ1n) is 9.27. The van der Waals surface area contributed by atoms with Crippen LogP contribution in [-0.4, -0.2) is 31.6 Å². The minimum atomic E-state index is 0.459. The maximum Gasteiger partial charge on any atom is 0.214 e. The van der Waals surface area contributed by atoms with Crippen LogP contribution in [0.3, 0.4) is 0 Å². The molecule has 2 aromatic carbocycles. The molecule has 0 amide bonds. The Morgan fingerprint density at radius 2 is 1.89 bits per heavy atom. The molecular weight excluding hydrogens is 352 g/mol. The van der Waals surface area contributed by atoms with Gasteiger partial charge in [-0.05, 0) is 25.0 Å². The zero-order valence-corrected chi connectivity index (χ0v) is 16.5. The number of ether oxygens (including phenoxy) is 1. The van der Waals surface area contributed by atoms with E-state index in [1.807, 2.05) is 30.3 Å². The van der Waals surface area contributed by atoms with Gasteiger partial charge in [-0.2, -0.15) is 0 Å². The van der Waals surface area contributed by atoms with Crippen LogP contribution < -0.4 is 15.4 Å². The first-order valence-corrected chi connectivity index (χ1v) is 9.27. The Balaban J connectivity index is 1.50. The third-order valence-electron chi connectivity index (χ3n) is 4.40. The Hall–Kier alpha value is -3.28. The number of nitrogens with one attached hydrogen (secondary N) is 2. The van der Waals surface area contributed by atoms with Gasteiger partial charge in [0.15, 0.2) is 11.7 Å². The minimum absolute atomic E-state index is 0.459. The second-order valence-corrected chi connectivity index (χ2v) is 6.40. The number of aromatic nitrogens is 1. The molecule has 2 N–H and O–H groups in total. The highest BCUT2D eigenvalue weighted by Crippen LogP contribution is 2.20. The van der Waals surface area contributed by atoms with Crippen LogP contribution in [0.25, 0.3) is 11.3 Å². The average molecular weight is 378 g/mol. The van der Waals surface area contributed by atoms with Gasteiger partial charge >= 0.3 is 0 Å². The molecule has 6 heteroatoms. The van der Waals surface area contributed by atoms with E-state index in [1.54, 1.807) is 20.4 Å². The zero-order valence-electron chi connectivity index (χ0n) is 16.5. The van der Waals surface area contributed by atoms with Crippen LogP contribution >= 0.6 is 0 Å². The molecule has 3 aromatic rings. The first-order chi connectivity index (χ1) is 13.7. The molecule has 6 nitrogen and oxygen atoms in total. The van der Waals surface area contributed by atoms with Crippen molar-refractivity contribution in [3.8, 4) is 17.1 Å². The summed E-state index contributed by atoms with van der Waals surface area (Å²) in [5.41, 5.74) is 3.39. The molecule has 0 fully saturated rings. The lowest BCUT2D eigenvalue weighted by Crippen LogP contribution is -2.37. The summed E-state index contributed by atoms with van der Waals surface area (Å²) in [6.07, 6.45) is 2.58. The fraction of sp³-hybridized carbons (Fsp3) is 0.273. The van der Waals surface area contributed by atoms with Crippen molar-refractivity contribution in [2.75, 3.05) is 20.7 Å². The van der Waals surface area contributed by atoms with Crippen LogP contribution in [0.2, 0.25) is 0 Å². The molecule has 0 bridgehead atoms. The molecular formula is C22H26N4O2. The number of guanidine groups is 1. The van der Waals surface area contributed by atoms with E-state index in [-0.39, 0.29) is 0 Å². The van der Waals surface area contributed by atoms with Gasteiger partial charge < -0.3 is 19.8 Å². The summed E-state index contributed by atoms with van der Waals surface area (Å²) in [5, 5.41) is 6.52. The number of aliphatic imine (C=N–C) groups is 1. The lowest BCUT2D eigenvalue weighted by molar-refractivity contribution is 0.409. The fourth-order valence-corrected chi connectivity index (χ4v) is 2.85. The summed E-state index contributed by atoms with van der Waals surface area (Å²) in [7, 11) is 3.43. The van der Waals surface area contributed by atoms with Crippen LogP contribution in [-0.2, 0) is 13.0 Å². The Morgan fingerprint density at radius 3 is 2.64 bits per heavy atom. The summed E-state index contributed by atoms with van der Waals surface area (Å²) >= 11 is 0. The van der Waals surface area contributed by atoms with Crippen molar-refractivity contribution in [2.45, 2.75) is 19.9 Å². The molecule has 0 atom stereocenters. The molecule has 28 heavy (non-hydrogen) atoms. The van der Waals surface area contributed by atoms with E-state index in [4.69, 9.17) is 9.15 Å². The summed E-state index contributed by atoms with van der Waals surface area (Å²) in [6.45, 7) is 3.26. The minimum Gasteiger partial charge on any atom is -0.496 e. The summed E-state index contributed by atoms with van der Waals surface area (Å²) in [4.78, 5) is 8.59. The van der Waals surface area contributed by atoms with E-state index in [0.29, 0.717) is 18.4 Å². The molecule has 1 aromatic heterocycles. The number of rotatable bonds is 7. The molecule has 0 spiro atoms. The van der Waals surface area contributed by atoms with Crippen LogP contribution in [0.15, 0.2) is 64.1 Å². The zero-order chi connectivity index (χ0) is 19.8. The van der Waals surface area contributed by atoms with Crippen molar-refractivity contribution >= 4 is 5.96 Å². The second-order valence-electron chi connectivity index (χ2n) is 6.40. The summed E-state index contributed by atoms with van der Waals surface area (Å²) in [6, 6.07) is 16.2. The average Bonchev–Trinajstić information content (AvgIpc) is 3.20. The maximum atomic E-state index is 5.84. The Morgan fingerprint density at radius 1 is 1.11 bits per heavy atom. The van der Waals surface area contributed by atoms with Gasteiger partial charge in [0.05, 0.1) is 19.9 Å². The van der Waals surface area contributed by atoms with E-state index in [0.717, 1.165) is 35.6 Å². The molecule has 0 aliphatic carbocycles. The topological polar surface area (TPSA) is 71.7 Å². The molecule has 146 valence electrons. The number of para-hydroxylation sites is 1. The number of oxazole rings is 1. The number of benzene rings is 2. The van der Waals surface area contributed by atoms with Crippen LogP contribution in [0, 0.1) is 6.92 Å². The van der Waals surface area contributed by atoms with Crippen LogP contribution in [0.5, 0.6) is 5.75 Å². The van der Waals surface area contributed by atoms with Crippen molar-refractivity contribution in [1.82, 2.24) is 15.6 Å². The van der Waals surface area contributed by atoms with Crippen LogP contribution in [0.1, 0.15) is 17.0 Å². The Kier molecular flexibility index (Phi) is 6.68. The summed E-state index contributed by atoms with van der Waals surface area (Å²) in [5.74, 6) is 2.97. The van der Waals surface area contributed by atoms with E-state index < -0.39 is 0 Å². The molecule has 0 aliphatic rings. The monoisotopic (exact) mass is 378 g/mol. The van der Waals surface area contributed by atoms with Crippen molar-refractivity contribution in [1.29, 1.82) is 0 Å². The lowest BCUT2D eigenvalue weighted by atomic mass is 10.1. The van der Waals surface area contributed by atoms with E-state index in [9.17, 15) is 0 Å². The van der Waals surface area contributed by atoms with Gasteiger partial charge in [0.1, 0.15) is 5.75 Å².